The van der Waals surface area contributed by atoms with Crippen LogP contribution >= 0.6 is 0 Å². The largest absolute Gasteiger partial charge is 0.395 e. The molecule has 5 heteroatoms. The van der Waals surface area contributed by atoms with Crippen molar-refractivity contribution in [1.29, 1.82) is 0 Å². The van der Waals surface area contributed by atoms with Gasteiger partial charge in [0.2, 0.25) is 0 Å². The van der Waals surface area contributed by atoms with Gasteiger partial charge in [-0.2, -0.15) is 13.2 Å². The van der Waals surface area contributed by atoms with E-state index in [2.05, 4.69) is 0 Å². The third-order valence-electron chi connectivity index (χ3n) is 3.59. The number of carbonyl (C=O) groups excluding carboxylic acids is 1. The van der Waals surface area contributed by atoms with Crippen LogP contribution in [-0.2, 0) is 9.53 Å². The van der Waals surface area contributed by atoms with Crippen molar-refractivity contribution in [2.24, 2.45) is 5.92 Å². The van der Waals surface area contributed by atoms with Gasteiger partial charge in [0.05, 0.1) is 5.60 Å². The van der Waals surface area contributed by atoms with Crippen LogP contribution in [0.15, 0.2) is 0 Å². The lowest BCUT2D eigenvalue weighted by Crippen LogP contribution is -2.47. The Hall–Kier alpha value is -0.580. The Morgan fingerprint density at radius 3 is 2.56 bits per heavy atom. The second kappa shape index (κ2) is 4.02. The maximum atomic E-state index is 12.1. The minimum Gasteiger partial charge on any atom is -0.375 e. The van der Waals surface area contributed by atoms with Crippen molar-refractivity contribution in [2.75, 3.05) is 6.61 Å². The first-order valence-electron chi connectivity index (χ1n) is 5.64. The molecule has 1 aliphatic carbocycles. The van der Waals surface area contributed by atoms with Crippen molar-refractivity contribution in [3.8, 4) is 0 Å². The molecule has 0 bridgehead atoms. The highest BCUT2D eigenvalue weighted by Crippen LogP contribution is 2.45. The molecule has 2 rings (SSSR count). The predicted octanol–water partition coefficient (Wildman–Crippen LogP) is 2.86. The Kier molecular flexibility index (Phi) is 2.99. The van der Waals surface area contributed by atoms with Gasteiger partial charge in [-0.05, 0) is 32.1 Å². The molecule has 0 aromatic carbocycles. The van der Waals surface area contributed by atoms with Crippen molar-refractivity contribution in [1.82, 2.24) is 0 Å². The lowest BCUT2D eigenvalue weighted by atomic mass is 9.71. The summed E-state index contributed by atoms with van der Waals surface area (Å²) in [4.78, 5) is 11.5. The van der Waals surface area contributed by atoms with Gasteiger partial charge in [-0.25, -0.2) is 0 Å². The van der Waals surface area contributed by atoms with E-state index in [4.69, 9.17) is 4.74 Å². The van der Waals surface area contributed by atoms with Crippen LogP contribution in [0.3, 0.4) is 0 Å². The van der Waals surface area contributed by atoms with Gasteiger partial charge in [0, 0.05) is 12.5 Å². The van der Waals surface area contributed by atoms with Crippen molar-refractivity contribution < 1.29 is 22.7 Å². The number of ketones is 1. The number of ether oxygens (including phenoxy) is 1. The van der Waals surface area contributed by atoms with E-state index in [1.807, 2.05) is 0 Å². The lowest BCUT2D eigenvalue weighted by Gasteiger charge is -2.46. The zero-order valence-electron chi connectivity index (χ0n) is 8.98. The normalized spacial score (nSPS) is 28.8. The van der Waals surface area contributed by atoms with E-state index in [1.165, 1.54) is 0 Å². The van der Waals surface area contributed by atoms with Gasteiger partial charge < -0.3 is 4.74 Å². The van der Waals surface area contributed by atoms with Crippen LogP contribution in [0.25, 0.3) is 0 Å². The van der Waals surface area contributed by atoms with Crippen LogP contribution in [0.1, 0.15) is 38.5 Å². The number of alkyl halides is 3. The fraction of sp³-hybridized carbons (Fsp3) is 0.909. The van der Waals surface area contributed by atoms with Crippen LogP contribution in [0, 0.1) is 5.92 Å². The first-order valence-corrected chi connectivity index (χ1v) is 5.64. The van der Waals surface area contributed by atoms with Gasteiger partial charge >= 0.3 is 6.18 Å². The summed E-state index contributed by atoms with van der Waals surface area (Å²) in [6.45, 7) is 0.425. The highest BCUT2D eigenvalue weighted by Gasteiger charge is 2.45. The fourth-order valence-electron chi connectivity index (χ4n) is 2.56. The highest BCUT2D eigenvalue weighted by molar-refractivity contribution is 5.81. The van der Waals surface area contributed by atoms with E-state index in [1.54, 1.807) is 0 Å². The topological polar surface area (TPSA) is 26.3 Å². The molecule has 2 fully saturated rings. The molecule has 92 valence electrons. The minimum absolute atomic E-state index is 0.260. The summed E-state index contributed by atoms with van der Waals surface area (Å²) in [5, 5.41) is 0. The molecule has 16 heavy (non-hydrogen) atoms. The van der Waals surface area contributed by atoms with Crippen LogP contribution in [-0.4, -0.2) is 24.2 Å². The maximum absolute atomic E-state index is 12.1. The first-order chi connectivity index (χ1) is 7.40. The van der Waals surface area contributed by atoms with E-state index in [0.29, 0.717) is 19.4 Å². The quantitative estimate of drug-likeness (QED) is 0.737. The Labute approximate surface area is 92.1 Å². The number of rotatable bonds is 2. The molecule has 1 heterocycles. The number of halogens is 3. The maximum Gasteiger partial charge on any atom is 0.395 e. The molecule has 1 saturated carbocycles. The number of hydrogen-bond donors (Lipinski definition) is 0. The average Bonchev–Trinajstić information content (AvgIpc) is 2.13. The zero-order valence-corrected chi connectivity index (χ0v) is 8.98. The molecule has 1 atom stereocenters. The molecule has 0 N–H and O–H groups in total. The molecule has 2 aliphatic rings. The molecule has 1 spiro atoms. The molecule has 0 aromatic heterocycles. The highest BCUT2D eigenvalue weighted by atomic mass is 19.4. The molecule has 1 unspecified atom stereocenters. The van der Waals surface area contributed by atoms with Crippen molar-refractivity contribution >= 4 is 5.78 Å². The molecule has 0 radical (unpaired) electrons. The molecular weight excluding hydrogens is 221 g/mol. The summed E-state index contributed by atoms with van der Waals surface area (Å²) in [6.07, 6.45) is -1.89. The van der Waals surface area contributed by atoms with E-state index in [9.17, 15) is 18.0 Å². The van der Waals surface area contributed by atoms with Crippen LogP contribution < -0.4 is 0 Å². The number of carbonyl (C=O) groups is 1. The zero-order chi connectivity index (χ0) is 11.8. The van der Waals surface area contributed by atoms with Crippen molar-refractivity contribution in [3.05, 3.63) is 0 Å². The fourth-order valence-corrected chi connectivity index (χ4v) is 2.56. The number of hydrogen-bond acceptors (Lipinski definition) is 2. The molecule has 2 nitrogen and oxygen atoms in total. The molecule has 0 amide bonds. The summed E-state index contributed by atoms with van der Waals surface area (Å²) >= 11 is 0. The van der Waals surface area contributed by atoms with Crippen LogP contribution in [0.5, 0.6) is 0 Å². The minimum atomic E-state index is -4.37. The van der Waals surface area contributed by atoms with E-state index < -0.39 is 24.3 Å². The van der Waals surface area contributed by atoms with E-state index in [-0.39, 0.29) is 5.60 Å². The summed E-state index contributed by atoms with van der Waals surface area (Å²) < 4.78 is 41.9. The van der Waals surface area contributed by atoms with Crippen LogP contribution in [0.4, 0.5) is 13.2 Å². The van der Waals surface area contributed by atoms with Crippen molar-refractivity contribution in [3.63, 3.8) is 0 Å². The third-order valence-corrected chi connectivity index (χ3v) is 3.59. The first kappa shape index (κ1) is 11.9. The van der Waals surface area contributed by atoms with Gasteiger partial charge in [-0.1, -0.05) is 0 Å². The van der Waals surface area contributed by atoms with Gasteiger partial charge in [-0.3, -0.25) is 4.79 Å². The van der Waals surface area contributed by atoms with Crippen LogP contribution in [0.2, 0.25) is 0 Å². The molecular formula is C11H15F3O2. The lowest BCUT2D eigenvalue weighted by molar-refractivity contribution is -0.170. The third kappa shape index (κ3) is 2.56. The van der Waals surface area contributed by atoms with E-state index >= 15 is 0 Å². The smallest absolute Gasteiger partial charge is 0.375 e. The Morgan fingerprint density at radius 1 is 1.38 bits per heavy atom. The molecule has 0 aromatic rings. The van der Waals surface area contributed by atoms with E-state index in [0.717, 1.165) is 19.3 Å². The second-order valence-electron chi connectivity index (χ2n) is 4.83. The average molecular weight is 236 g/mol. The standard InChI is InChI=1S/C11H15F3O2/c12-11(13,14)7-9(15)8-2-5-16-10(6-8)3-1-4-10/h8H,1-7H2. The SMILES string of the molecule is O=C(CC(F)(F)F)C1CCOC2(CCC2)C1. The van der Waals surface area contributed by atoms with Gasteiger partial charge in [0.15, 0.2) is 0 Å². The molecule has 1 saturated heterocycles. The summed E-state index contributed by atoms with van der Waals surface area (Å²) in [5.41, 5.74) is -0.260. The monoisotopic (exact) mass is 236 g/mol. The van der Waals surface area contributed by atoms with Gasteiger partial charge in [-0.15, -0.1) is 0 Å². The summed E-state index contributed by atoms with van der Waals surface area (Å²) in [5.74, 6) is -1.11. The van der Waals surface area contributed by atoms with Crippen molar-refractivity contribution in [2.45, 2.75) is 50.3 Å². The Morgan fingerprint density at radius 2 is 2.06 bits per heavy atom. The van der Waals surface area contributed by atoms with Gasteiger partial charge in [0.1, 0.15) is 12.2 Å². The Bertz CT molecular complexity index is 281. The van der Waals surface area contributed by atoms with Gasteiger partial charge in [0.25, 0.3) is 0 Å². The summed E-state index contributed by atoms with van der Waals surface area (Å²) in [6, 6.07) is 0. The Balaban J connectivity index is 1.91. The number of Topliss-reactive ketones (excluding diaryl/α,β-unsaturated/α-hetero) is 1. The molecule has 1 aliphatic heterocycles. The second-order valence-corrected chi connectivity index (χ2v) is 4.83. The summed E-state index contributed by atoms with van der Waals surface area (Å²) in [7, 11) is 0. The predicted molar refractivity (Wildman–Crippen MR) is 50.9 cm³/mol.